The topological polar surface area (TPSA) is 68.6 Å². The highest BCUT2D eigenvalue weighted by Gasteiger charge is 2.26. The van der Waals surface area contributed by atoms with Gasteiger partial charge in [0.25, 0.3) is 0 Å². The number of aliphatic hydroxyl groups excluding tert-OH is 1. The van der Waals surface area contributed by atoms with Gasteiger partial charge in [-0.05, 0) is 11.6 Å². The largest absolute Gasteiger partial charge is 0.366 e. The molecule has 0 amide bonds. The number of aliphatic hydroxyl groups is 2. The molecule has 0 bridgehead atoms. The molecule has 2 heterocycles. The molecule has 1 aliphatic heterocycles. The van der Waals surface area contributed by atoms with Gasteiger partial charge in [-0.2, -0.15) is 0 Å². The van der Waals surface area contributed by atoms with Gasteiger partial charge in [0.05, 0.1) is 0 Å². The Bertz CT molecular complexity index is 557. The number of aromatic amines is 1. The lowest BCUT2D eigenvalue weighted by atomic mass is 10.0. The van der Waals surface area contributed by atoms with Crippen molar-refractivity contribution in [3.05, 3.63) is 35.5 Å². The first-order valence-corrected chi connectivity index (χ1v) is 5.24. The summed E-state index contributed by atoms with van der Waals surface area (Å²) in [5.41, 5.74) is 2.95. The minimum Gasteiger partial charge on any atom is -0.366 e. The summed E-state index contributed by atoms with van der Waals surface area (Å²) in [5.74, 6) is 0. The summed E-state index contributed by atoms with van der Waals surface area (Å²) in [6, 6.07) is 7.36. The Morgan fingerprint density at radius 2 is 2.12 bits per heavy atom. The molecule has 1 aromatic carbocycles. The van der Waals surface area contributed by atoms with Gasteiger partial charge in [-0.1, -0.05) is 18.2 Å². The fraction of sp³-hybridized carbons (Fsp3) is 0.250. The maximum Gasteiger partial charge on any atom is 0.180 e. The molecule has 2 aromatic rings. The molecule has 0 radical (unpaired) electrons. The molecule has 3 N–H and O–H groups in total. The Labute approximate surface area is 92.3 Å². The highest BCUT2D eigenvalue weighted by molar-refractivity contribution is 5.88. The van der Waals surface area contributed by atoms with E-state index >= 15 is 0 Å². The van der Waals surface area contributed by atoms with E-state index in [1.165, 1.54) is 0 Å². The number of aliphatic imine (C=N–C) groups is 1. The van der Waals surface area contributed by atoms with Crippen molar-refractivity contribution >= 4 is 17.1 Å². The average molecular weight is 216 g/mol. The van der Waals surface area contributed by atoms with Crippen molar-refractivity contribution < 1.29 is 10.2 Å². The van der Waals surface area contributed by atoms with Crippen LogP contribution in [0.1, 0.15) is 17.3 Å². The molecule has 0 saturated heterocycles. The Kier molecular flexibility index (Phi) is 2.05. The summed E-state index contributed by atoms with van der Waals surface area (Å²) in [6.07, 6.45) is 1.03. The molecule has 3 rings (SSSR count). The fourth-order valence-electron chi connectivity index (χ4n) is 2.25. The number of aromatic nitrogens is 1. The lowest BCUT2D eigenvalue weighted by Gasteiger charge is -2.18. The summed E-state index contributed by atoms with van der Waals surface area (Å²) < 4.78 is 0. The first-order chi connectivity index (χ1) is 7.77. The standard InChI is InChI=1S/C12H12N2O2/c15-12(16)11-10-8(5-6-13-11)7-3-1-2-4-9(7)14-10/h1-4,6,11-12,14-16H,5H2/t11-/m0/s1. The summed E-state index contributed by atoms with van der Waals surface area (Å²) in [7, 11) is 0. The molecule has 16 heavy (non-hydrogen) atoms. The van der Waals surface area contributed by atoms with Crippen LogP contribution >= 0.6 is 0 Å². The molecule has 82 valence electrons. The number of benzene rings is 1. The molecule has 0 fully saturated rings. The van der Waals surface area contributed by atoms with Gasteiger partial charge in [0.2, 0.25) is 0 Å². The number of hydrogen-bond acceptors (Lipinski definition) is 3. The molecular formula is C12H12N2O2. The number of para-hydroxylation sites is 1. The van der Waals surface area contributed by atoms with E-state index in [0.717, 1.165) is 28.6 Å². The fourth-order valence-corrected chi connectivity index (χ4v) is 2.25. The Balaban J connectivity index is 2.24. The van der Waals surface area contributed by atoms with Crippen LogP contribution in [0, 0.1) is 0 Å². The zero-order chi connectivity index (χ0) is 11.1. The van der Waals surface area contributed by atoms with Gasteiger partial charge in [0.15, 0.2) is 6.29 Å². The molecule has 0 aliphatic carbocycles. The normalized spacial score (nSPS) is 19.3. The van der Waals surface area contributed by atoms with E-state index in [-0.39, 0.29) is 0 Å². The van der Waals surface area contributed by atoms with Crippen LogP contribution < -0.4 is 0 Å². The molecule has 1 aliphatic rings. The van der Waals surface area contributed by atoms with Crippen LogP contribution in [0.5, 0.6) is 0 Å². The lowest BCUT2D eigenvalue weighted by molar-refractivity contribution is -0.0593. The molecular weight excluding hydrogens is 204 g/mol. The van der Waals surface area contributed by atoms with Gasteiger partial charge in [-0.3, -0.25) is 4.99 Å². The number of hydrogen-bond donors (Lipinski definition) is 3. The van der Waals surface area contributed by atoms with Crippen molar-refractivity contribution in [2.24, 2.45) is 4.99 Å². The van der Waals surface area contributed by atoms with E-state index in [1.54, 1.807) is 6.21 Å². The van der Waals surface area contributed by atoms with E-state index in [1.807, 2.05) is 24.3 Å². The smallest absolute Gasteiger partial charge is 0.180 e. The van der Waals surface area contributed by atoms with Crippen LogP contribution in [0.4, 0.5) is 0 Å². The van der Waals surface area contributed by atoms with Crippen molar-refractivity contribution in [3.63, 3.8) is 0 Å². The van der Waals surface area contributed by atoms with E-state index in [2.05, 4.69) is 9.98 Å². The van der Waals surface area contributed by atoms with Gasteiger partial charge < -0.3 is 15.2 Å². The van der Waals surface area contributed by atoms with E-state index in [9.17, 15) is 10.2 Å². The quantitative estimate of drug-likeness (QED) is 0.626. The van der Waals surface area contributed by atoms with Crippen LogP contribution in [0.3, 0.4) is 0 Å². The second-order valence-electron chi connectivity index (χ2n) is 3.96. The van der Waals surface area contributed by atoms with Gasteiger partial charge in [-0.15, -0.1) is 0 Å². The number of rotatable bonds is 1. The van der Waals surface area contributed by atoms with Crippen molar-refractivity contribution in [1.29, 1.82) is 0 Å². The van der Waals surface area contributed by atoms with Crippen LogP contribution in [-0.4, -0.2) is 27.7 Å². The SMILES string of the molecule is OC(O)[C@H]1N=CCc2c1[nH]c1ccccc21. The van der Waals surface area contributed by atoms with Gasteiger partial charge >= 0.3 is 0 Å². The third kappa shape index (κ3) is 1.27. The predicted molar refractivity (Wildman–Crippen MR) is 61.5 cm³/mol. The maximum absolute atomic E-state index is 9.27. The third-order valence-electron chi connectivity index (χ3n) is 2.99. The van der Waals surface area contributed by atoms with Crippen LogP contribution in [0.15, 0.2) is 29.3 Å². The second kappa shape index (κ2) is 3.43. The molecule has 0 spiro atoms. The van der Waals surface area contributed by atoms with Crippen molar-refractivity contribution in [2.45, 2.75) is 18.8 Å². The summed E-state index contributed by atoms with van der Waals surface area (Å²) in [6.45, 7) is 0. The average Bonchev–Trinajstić information content (AvgIpc) is 2.67. The van der Waals surface area contributed by atoms with Crippen molar-refractivity contribution in [3.8, 4) is 0 Å². The minimum absolute atomic E-state index is 0.587. The predicted octanol–water partition coefficient (Wildman–Crippen LogP) is 1.15. The van der Waals surface area contributed by atoms with Gasteiger partial charge in [0.1, 0.15) is 6.04 Å². The molecule has 0 saturated carbocycles. The van der Waals surface area contributed by atoms with E-state index in [0.29, 0.717) is 0 Å². The van der Waals surface area contributed by atoms with Crippen molar-refractivity contribution in [1.82, 2.24) is 4.98 Å². The number of nitrogens with zero attached hydrogens (tertiary/aromatic N) is 1. The number of H-pyrrole nitrogens is 1. The summed E-state index contributed by atoms with van der Waals surface area (Å²) in [5, 5.41) is 19.7. The second-order valence-corrected chi connectivity index (χ2v) is 3.96. The van der Waals surface area contributed by atoms with Gasteiger partial charge in [0, 0.05) is 29.2 Å². The van der Waals surface area contributed by atoms with E-state index in [4.69, 9.17) is 0 Å². The Morgan fingerprint density at radius 1 is 1.31 bits per heavy atom. The number of fused-ring (bicyclic) bond motifs is 3. The highest BCUT2D eigenvalue weighted by atomic mass is 16.5. The molecule has 4 nitrogen and oxygen atoms in total. The third-order valence-corrected chi connectivity index (χ3v) is 2.99. The Hall–Kier alpha value is -1.65. The molecule has 4 heteroatoms. The van der Waals surface area contributed by atoms with Gasteiger partial charge in [-0.25, -0.2) is 0 Å². The zero-order valence-electron chi connectivity index (χ0n) is 8.59. The summed E-state index contributed by atoms with van der Waals surface area (Å²) >= 11 is 0. The Morgan fingerprint density at radius 3 is 2.94 bits per heavy atom. The lowest BCUT2D eigenvalue weighted by Crippen LogP contribution is -2.20. The molecule has 1 aromatic heterocycles. The van der Waals surface area contributed by atoms with Crippen LogP contribution in [0.25, 0.3) is 10.9 Å². The monoisotopic (exact) mass is 216 g/mol. The summed E-state index contributed by atoms with van der Waals surface area (Å²) in [4.78, 5) is 7.32. The van der Waals surface area contributed by atoms with Crippen molar-refractivity contribution in [2.75, 3.05) is 0 Å². The zero-order valence-corrected chi connectivity index (χ0v) is 8.59. The maximum atomic E-state index is 9.27. The van der Waals surface area contributed by atoms with Crippen LogP contribution in [0.2, 0.25) is 0 Å². The molecule has 1 atom stereocenters. The minimum atomic E-state index is -1.46. The van der Waals surface area contributed by atoms with E-state index < -0.39 is 12.3 Å². The highest BCUT2D eigenvalue weighted by Crippen LogP contribution is 2.32. The van der Waals surface area contributed by atoms with Crippen LogP contribution in [-0.2, 0) is 6.42 Å². The first-order valence-electron chi connectivity index (χ1n) is 5.24. The molecule has 0 unspecified atom stereocenters. The number of nitrogens with one attached hydrogen (secondary N) is 1. The first kappa shape index (κ1) is 9.57.